The predicted molar refractivity (Wildman–Crippen MR) is 54.8 cm³/mol. The molecule has 14 heavy (non-hydrogen) atoms. The fourth-order valence-electron chi connectivity index (χ4n) is 1.75. The first kappa shape index (κ1) is 11.5. The van der Waals surface area contributed by atoms with Crippen molar-refractivity contribution in [2.75, 3.05) is 7.11 Å². The van der Waals surface area contributed by atoms with Crippen LogP contribution in [-0.2, 0) is 9.53 Å². The predicted octanol–water partition coefficient (Wildman–Crippen LogP) is 0.407. The molecule has 0 aromatic carbocycles. The smallest absolute Gasteiger partial charge is 0.249 e. The SMILES string of the molecule is COC(C)C(=O)N[C@@H]1CCCC[C@H]1N. The molecule has 0 aromatic heterocycles. The van der Waals surface area contributed by atoms with Crippen LogP contribution in [0.15, 0.2) is 0 Å². The van der Waals surface area contributed by atoms with Crippen LogP contribution in [-0.4, -0.2) is 31.2 Å². The highest BCUT2D eigenvalue weighted by Gasteiger charge is 2.24. The van der Waals surface area contributed by atoms with Crippen LogP contribution in [0.4, 0.5) is 0 Å². The van der Waals surface area contributed by atoms with E-state index >= 15 is 0 Å². The number of methoxy groups -OCH3 is 1. The number of carbonyl (C=O) groups is 1. The average Bonchev–Trinajstić information content (AvgIpc) is 2.20. The Morgan fingerprint density at radius 1 is 1.50 bits per heavy atom. The molecule has 1 fully saturated rings. The van der Waals surface area contributed by atoms with Gasteiger partial charge < -0.3 is 15.8 Å². The maximum absolute atomic E-state index is 11.5. The lowest BCUT2D eigenvalue weighted by atomic mass is 9.91. The molecule has 3 atom stereocenters. The van der Waals surface area contributed by atoms with Gasteiger partial charge >= 0.3 is 0 Å². The van der Waals surface area contributed by atoms with E-state index in [1.165, 1.54) is 13.5 Å². The lowest BCUT2D eigenvalue weighted by molar-refractivity contribution is -0.131. The minimum absolute atomic E-state index is 0.0603. The van der Waals surface area contributed by atoms with Gasteiger partial charge in [-0.1, -0.05) is 12.8 Å². The van der Waals surface area contributed by atoms with Gasteiger partial charge in [0.1, 0.15) is 6.10 Å². The molecule has 0 bridgehead atoms. The van der Waals surface area contributed by atoms with Gasteiger partial charge in [0.15, 0.2) is 0 Å². The van der Waals surface area contributed by atoms with Crippen LogP contribution < -0.4 is 11.1 Å². The Kier molecular flexibility index (Phi) is 4.35. The fourth-order valence-corrected chi connectivity index (χ4v) is 1.75. The van der Waals surface area contributed by atoms with Crippen molar-refractivity contribution in [2.24, 2.45) is 5.73 Å². The number of rotatable bonds is 3. The van der Waals surface area contributed by atoms with E-state index in [0.717, 1.165) is 19.3 Å². The third-order valence-corrected chi connectivity index (χ3v) is 2.87. The molecule has 3 N–H and O–H groups in total. The van der Waals surface area contributed by atoms with Gasteiger partial charge in [-0.15, -0.1) is 0 Å². The number of nitrogens with one attached hydrogen (secondary N) is 1. The van der Waals surface area contributed by atoms with Crippen molar-refractivity contribution in [3.63, 3.8) is 0 Å². The Labute approximate surface area is 85.2 Å². The molecule has 0 radical (unpaired) electrons. The molecule has 4 heteroatoms. The molecule has 0 aliphatic heterocycles. The van der Waals surface area contributed by atoms with E-state index in [1.54, 1.807) is 6.92 Å². The maximum Gasteiger partial charge on any atom is 0.249 e. The van der Waals surface area contributed by atoms with Crippen LogP contribution in [0, 0.1) is 0 Å². The van der Waals surface area contributed by atoms with Gasteiger partial charge in [-0.3, -0.25) is 4.79 Å². The highest BCUT2D eigenvalue weighted by atomic mass is 16.5. The second kappa shape index (κ2) is 5.32. The number of ether oxygens (including phenoxy) is 1. The Balaban J connectivity index is 2.38. The van der Waals surface area contributed by atoms with Crippen LogP contribution in [0.2, 0.25) is 0 Å². The largest absolute Gasteiger partial charge is 0.372 e. The quantitative estimate of drug-likeness (QED) is 0.693. The molecule has 82 valence electrons. The second-order valence-electron chi connectivity index (χ2n) is 3.94. The number of nitrogens with two attached hydrogens (primary N) is 1. The zero-order valence-electron chi connectivity index (χ0n) is 8.95. The second-order valence-corrected chi connectivity index (χ2v) is 3.94. The molecule has 0 saturated heterocycles. The summed E-state index contributed by atoms with van der Waals surface area (Å²) in [5, 5.41) is 2.93. The van der Waals surface area contributed by atoms with Crippen LogP contribution in [0.25, 0.3) is 0 Å². The molecule has 4 nitrogen and oxygen atoms in total. The molecule has 1 aliphatic carbocycles. The standard InChI is InChI=1S/C10H20N2O2/c1-7(14-2)10(13)12-9-6-4-3-5-8(9)11/h7-9H,3-6,11H2,1-2H3,(H,12,13)/t7?,8-,9-/m1/s1. The van der Waals surface area contributed by atoms with E-state index in [0.29, 0.717) is 0 Å². The Morgan fingerprint density at radius 3 is 2.71 bits per heavy atom. The van der Waals surface area contributed by atoms with Gasteiger partial charge in [0, 0.05) is 19.2 Å². The zero-order valence-corrected chi connectivity index (χ0v) is 8.95. The van der Waals surface area contributed by atoms with Crippen LogP contribution >= 0.6 is 0 Å². The lowest BCUT2D eigenvalue weighted by Gasteiger charge is -2.30. The molecule has 1 rings (SSSR count). The summed E-state index contributed by atoms with van der Waals surface area (Å²) in [5.41, 5.74) is 5.91. The van der Waals surface area contributed by atoms with Crippen molar-refractivity contribution in [2.45, 2.75) is 50.8 Å². The van der Waals surface area contributed by atoms with Gasteiger partial charge in [-0.2, -0.15) is 0 Å². The highest BCUT2D eigenvalue weighted by Crippen LogP contribution is 2.16. The summed E-state index contributed by atoms with van der Waals surface area (Å²) >= 11 is 0. The first-order valence-corrected chi connectivity index (χ1v) is 5.24. The minimum atomic E-state index is -0.385. The van der Waals surface area contributed by atoms with E-state index in [1.807, 2.05) is 0 Å². The monoisotopic (exact) mass is 200 g/mol. The third-order valence-electron chi connectivity index (χ3n) is 2.87. The fraction of sp³-hybridized carbons (Fsp3) is 0.900. The highest BCUT2D eigenvalue weighted by molar-refractivity contribution is 5.80. The van der Waals surface area contributed by atoms with Gasteiger partial charge in [0.2, 0.25) is 5.91 Å². The normalized spacial score (nSPS) is 29.6. The third kappa shape index (κ3) is 2.96. The van der Waals surface area contributed by atoms with Crippen molar-refractivity contribution in [3.8, 4) is 0 Å². The Morgan fingerprint density at radius 2 is 2.14 bits per heavy atom. The zero-order chi connectivity index (χ0) is 10.6. The van der Waals surface area contributed by atoms with Crippen molar-refractivity contribution >= 4 is 5.91 Å². The van der Waals surface area contributed by atoms with Gasteiger partial charge in [-0.05, 0) is 19.8 Å². The number of hydrogen-bond acceptors (Lipinski definition) is 3. The van der Waals surface area contributed by atoms with Crippen molar-refractivity contribution in [1.82, 2.24) is 5.32 Å². The molecule has 1 amide bonds. The molecule has 1 unspecified atom stereocenters. The average molecular weight is 200 g/mol. The first-order valence-electron chi connectivity index (χ1n) is 5.24. The topological polar surface area (TPSA) is 64.3 Å². The summed E-state index contributed by atoms with van der Waals surface area (Å²) in [6.45, 7) is 1.74. The number of carbonyl (C=O) groups excluding carboxylic acids is 1. The maximum atomic E-state index is 11.5. The Hall–Kier alpha value is -0.610. The summed E-state index contributed by atoms with van der Waals surface area (Å²) < 4.78 is 4.94. The van der Waals surface area contributed by atoms with Crippen LogP contribution in [0.1, 0.15) is 32.6 Å². The molecule has 0 aromatic rings. The van der Waals surface area contributed by atoms with E-state index in [9.17, 15) is 4.79 Å². The molecule has 1 saturated carbocycles. The van der Waals surface area contributed by atoms with Crippen molar-refractivity contribution in [1.29, 1.82) is 0 Å². The van der Waals surface area contributed by atoms with E-state index in [2.05, 4.69) is 5.32 Å². The number of amides is 1. The summed E-state index contributed by atoms with van der Waals surface area (Å²) in [6.07, 6.45) is 3.94. The van der Waals surface area contributed by atoms with Crippen molar-refractivity contribution in [3.05, 3.63) is 0 Å². The van der Waals surface area contributed by atoms with E-state index < -0.39 is 0 Å². The van der Waals surface area contributed by atoms with Gasteiger partial charge in [-0.25, -0.2) is 0 Å². The summed E-state index contributed by atoms with van der Waals surface area (Å²) in [5.74, 6) is -0.0603. The first-order chi connectivity index (χ1) is 6.65. The lowest BCUT2D eigenvalue weighted by Crippen LogP contribution is -2.51. The van der Waals surface area contributed by atoms with E-state index in [4.69, 9.17) is 10.5 Å². The Bertz CT molecular complexity index is 197. The van der Waals surface area contributed by atoms with Crippen LogP contribution in [0.5, 0.6) is 0 Å². The minimum Gasteiger partial charge on any atom is -0.372 e. The summed E-state index contributed by atoms with van der Waals surface area (Å²) in [6, 6.07) is 0.241. The molecular formula is C10H20N2O2. The summed E-state index contributed by atoms with van der Waals surface area (Å²) in [7, 11) is 1.53. The van der Waals surface area contributed by atoms with Crippen molar-refractivity contribution < 1.29 is 9.53 Å². The molecule has 1 aliphatic rings. The summed E-state index contributed by atoms with van der Waals surface area (Å²) in [4.78, 5) is 11.5. The van der Waals surface area contributed by atoms with Gasteiger partial charge in [0.25, 0.3) is 0 Å². The van der Waals surface area contributed by atoms with Gasteiger partial charge in [0.05, 0.1) is 0 Å². The van der Waals surface area contributed by atoms with E-state index in [-0.39, 0.29) is 24.1 Å². The number of hydrogen-bond donors (Lipinski definition) is 2. The van der Waals surface area contributed by atoms with Crippen LogP contribution in [0.3, 0.4) is 0 Å². The molecule has 0 spiro atoms. The molecule has 0 heterocycles. The molecular weight excluding hydrogens is 180 g/mol.